The first kappa shape index (κ1) is 16.6. The van der Waals surface area contributed by atoms with Crippen molar-refractivity contribution in [3.63, 3.8) is 0 Å². The molecule has 0 spiro atoms. The van der Waals surface area contributed by atoms with Crippen molar-refractivity contribution in [3.8, 4) is 5.75 Å². The third-order valence-corrected chi connectivity index (χ3v) is 5.55. The minimum Gasteiger partial charge on any atom is -0.494 e. The van der Waals surface area contributed by atoms with E-state index in [-0.39, 0.29) is 5.78 Å². The van der Waals surface area contributed by atoms with Crippen molar-refractivity contribution < 1.29 is 9.53 Å². The average Bonchev–Trinajstić information content (AvgIpc) is 3.30. The van der Waals surface area contributed by atoms with E-state index >= 15 is 0 Å². The summed E-state index contributed by atoms with van der Waals surface area (Å²) in [5.41, 5.74) is 4.21. The summed E-state index contributed by atoms with van der Waals surface area (Å²) in [4.78, 5) is 23.7. The Hall–Kier alpha value is -2.86. The number of carbonyl (C=O) groups excluding carboxylic acids is 1. The molecule has 26 heavy (non-hydrogen) atoms. The molecule has 0 aliphatic carbocycles. The third kappa shape index (κ3) is 2.82. The van der Waals surface area contributed by atoms with E-state index in [0.29, 0.717) is 0 Å². The predicted octanol–water partition coefficient (Wildman–Crippen LogP) is 1.28. The summed E-state index contributed by atoms with van der Waals surface area (Å²) in [6, 6.07) is 5.92. The molecule has 0 saturated carbocycles. The molecule has 4 rings (SSSR count). The third-order valence-electron chi connectivity index (χ3n) is 4.38. The van der Waals surface area contributed by atoms with Crippen molar-refractivity contribution in [3.05, 3.63) is 60.6 Å². The number of hydrogen-bond donors (Lipinski definition) is 2. The van der Waals surface area contributed by atoms with E-state index < -0.39 is 0 Å². The molecule has 1 aliphatic heterocycles. The highest BCUT2D eigenvalue weighted by Gasteiger charge is 2.11. The van der Waals surface area contributed by atoms with Gasteiger partial charge < -0.3 is 14.7 Å². The molecular weight excluding hydrogens is 346 g/mol. The molecule has 0 bridgehead atoms. The van der Waals surface area contributed by atoms with Gasteiger partial charge in [0, 0.05) is 17.5 Å². The topological polar surface area (TPSA) is 70.2 Å². The van der Waals surface area contributed by atoms with E-state index in [9.17, 15) is 4.79 Å². The molecule has 0 saturated heterocycles. The van der Waals surface area contributed by atoms with Crippen LogP contribution in [-0.2, 0) is 0 Å². The average molecular weight is 365 g/mol. The van der Waals surface area contributed by atoms with Crippen LogP contribution in [0.4, 0.5) is 0 Å². The Morgan fingerprint density at radius 3 is 2.65 bits per heavy atom. The number of H-pyrrole nitrogens is 2. The highest BCUT2D eigenvalue weighted by atomic mass is 32.1. The molecule has 132 valence electrons. The van der Waals surface area contributed by atoms with Crippen LogP contribution >= 0.6 is 11.3 Å². The summed E-state index contributed by atoms with van der Waals surface area (Å²) in [6.45, 7) is 5.69. The molecule has 0 fully saturated rings. The van der Waals surface area contributed by atoms with Crippen LogP contribution in [0.2, 0.25) is 0 Å². The molecule has 0 amide bonds. The zero-order valence-corrected chi connectivity index (χ0v) is 15.9. The second kappa shape index (κ2) is 6.14. The van der Waals surface area contributed by atoms with E-state index in [1.54, 1.807) is 14.0 Å². The van der Waals surface area contributed by atoms with Gasteiger partial charge in [0.25, 0.3) is 0 Å². The summed E-state index contributed by atoms with van der Waals surface area (Å²) in [5.74, 6) is 0.840. The van der Waals surface area contributed by atoms with Crippen LogP contribution in [0.5, 0.6) is 5.75 Å². The summed E-state index contributed by atoms with van der Waals surface area (Å²) in [5, 5.41) is 2.63. The fourth-order valence-electron chi connectivity index (χ4n) is 3.09. The van der Waals surface area contributed by atoms with E-state index in [0.717, 1.165) is 48.3 Å². The smallest absolute Gasteiger partial charge is 0.169 e. The molecule has 3 aromatic heterocycles. The maximum absolute atomic E-state index is 11.5. The lowest BCUT2D eigenvalue weighted by atomic mass is 10.2. The summed E-state index contributed by atoms with van der Waals surface area (Å²) in [7, 11) is 1.66. The van der Waals surface area contributed by atoms with Crippen LogP contribution in [0, 0.1) is 13.8 Å². The van der Waals surface area contributed by atoms with Crippen LogP contribution in [0.25, 0.3) is 17.8 Å². The van der Waals surface area contributed by atoms with Gasteiger partial charge in [-0.2, -0.15) is 0 Å². The van der Waals surface area contributed by atoms with Gasteiger partial charge in [0.2, 0.25) is 0 Å². The number of ketones is 1. The molecule has 4 heterocycles. The Kier molecular flexibility index (Phi) is 3.92. The standard InChI is InChI=1S/C20H19N3O2S/c1-10-5-11(2)21-13(10)6-16-18(25-4)7-14(22-16)15-8-20-17(23-15)9-19(26-20)12(3)24/h5-9,21-22H,1-4H3/b15-14-,16-6-. The Balaban J connectivity index is 1.86. The first-order valence-corrected chi connectivity index (χ1v) is 9.13. The molecule has 0 unspecified atom stereocenters. The number of Topliss-reactive ketones (excluding diaryl/α,β-unsaturated/α-hetero) is 1. The van der Waals surface area contributed by atoms with Crippen LogP contribution in [0.1, 0.15) is 33.5 Å². The quantitative estimate of drug-likeness (QED) is 0.687. The molecule has 0 atom stereocenters. The number of nitrogens with one attached hydrogen (secondary N) is 2. The SMILES string of the molecule is COc1c/c(=C2\C=c3sc(C(C)=O)cc3=N2)[nH]/c1=C\c1[nH]c(C)cc1C. The molecule has 0 radical (unpaired) electrons. The van der Waals surface area contributed by atoms with Gasteiger partial charge in [-0.3, -0.25) is 4.79 Å². The zero-order chi connectivity index (χ0) is 18.4. The number of carbonyl (C=O) groups is 1. The maximum Gasteiger partial charge on any atom is 0.169 e. The van der Waals surface area contributed by atoms with E-state index in [1.807, 2.05) is 31.2 Å². The first-order valence-electron chi connectivity index (χ1n) is 8.31. The number of nitrogens with zero attached hydrogens (tertiary/aromatic N) is 1. The number of fused-ring (bicyclic) bond motifs is 1. The first-order chi connectivity index (χ1) is 12.4. The summed E-state index contributed by atoms with van der Waals surface area (Å²) >= 11 is 1.47. The second-order valence-electron chi connectivity index (χ2n) is 6.42. The number of aromatic amines is 2. The lowest BCUT2D eigenvalue weighted by Gasteiger charge is -1.94. The fourth-order valence-corrected chi connectivity index (χ4v) is 4.02. The number of aromatic nitrogens is 2. The van der Waals surface area contributed by atoms with Crippen molar-refractivity contribution in [2.75, 3.05) is 7.11 Å². The number of rotatable bonds is 3. The van der Waals surface area contributed by atoms with Crippen LogP contribution in [0.3, 0.4) is 0 Å². The molecule has 2 N–H and O–H groups in total. The van der Waals surface area contributed by atoms with E-state index in [1.165, 1.54) is 16.9 Å². The minimum atomic E-state index is 0.0737. The molecule has 5 nitrogen and oxygen atoms in total. The number of hydrogen-bond acceptors (Lipinski definition) is 4. The van der Waals surface area contributed by atoms with E-state index in [4.69, 9.17) is 4.74 Å². The Morgan fingerprint density at radius 1 is 1.23 bits per heavy atom. The number of methoxy groups -OCH3 is 1. The van der Waals surface area contributed by atoms with Crippen molar-refractivity contribution in [2.45, 2.75) is 20.8 Å². The highest BCUT2D eigenvalue weighted by molar-refractivity contribution is 7.12. The molecule has 3 aromatic rings. The summed E-state index contributed by atoms with van der Waals surface area (Å²) in [6.07, 6.45) is 4.05. The summed E-state index contributed by atoms with van der Waals surface area (Å²) < 4.78 is 6.54. The lowest BCUT2D eigenvalue weighted by Crippen LogP contribution is -2.12. The van der Waals surface area contributed by atoms with Gasteiger partial charge in [0.1, 0.15) is 5.75 Å². The van der Waals surface area contributed by atoms with Crippen molar-refractivity contribution in [1.82, 2.24) is 9.97 Å². The Bertz CT molecular complexity index is 1240. The van der Waals surface area contributed by atoms with Gasteiger partial charge in [-0.25, -0.2) is 4.99 Å². The monoisotopic (exact) mass is 365 g/mol. The van der Waals surface area contributed by atoms with Gasteiger partial charge in [0.05, 0.1) is 38.3 Å². The second-order valence-corrected chi connectivity index (χ2v) is 7.50. The maximum atomic E-state index is 11.5. The van der Waals surface area contributed by atoms with Crippen LogP contribution in [0.15, 0.2) is 23.2 Å². The highest BCUT2D eigenvalue weighted by Crippen LogP contribution is 2.11. The number of aryl methyl sites for hydroxylation is 2. The largest absolute Gasteiger partial charge is 0.494 e. The van der Waals surface area contributed by atoms with Gasteiger partial charge in [-0.05, 0) is 50.6 Å². The Morgan fingerprint density at radius 2 is 2.04 bits per heavy atom. The molecule has 6 heteroatoms. The van der Waals surface area contributed by atoms with Gasteiger partial charge in [0.15, 0.2) is 5.78 Å². The van der Waals surface area contributed by atoms with Gasteiger partial charge in [-0.1, -0.05) is 0 Å². The number of ether oxygens (including phenoxy) is 1. The lowest BCUT2D eigenvalue weighted by molar-refractivity contribution is 0.102. The number of thiophene rings is 1. The molecule has 1 aliphatic rings. The molecular formula is C20H19N3O2S. The van der Waals surface area contributed by atoms with Crippen LogP contribution in [-0.4, -0.2) is 22.9 Å². The van der Waals surface area contributed by atoms with E-state index in [2.05, 4.69) is 28.0 Å². The van der Waals surface area contributed by atoms with Crippen molar-refractivity contribution in [1.29, 1.82) is 0 Å². The minimum absolute atomic E-state index is 0.0737. The van der Waals surface area contributed by atoms with Crippen molar-refractivity contribution >= 4 is 35.0 Å². The normalized spacial score (nSPS) is 15.6. The fraction of sp³-hybridized carbons (Fsp3) is 0.200. The predicted molar refractivity (Wildman–Crippen MR) is 103 cm³/mol. The van der Waals surface area contributed by atoms with Crippen molar-refractivity contribution in [2.24, 2.45) is 4.99 Å². The van der Waals surface area contributed by atoms with Gasteiger partial charge >= 0.3 is 0 Å². The zero-order valence-electron chi connectivity index (χ0n) is 15.1. The molecule has 0 aromatic carbocycles. The van der Waals surface area contributed by atoms with Crippen LogP contribution < -0.4 is 25.3 Å². The Labute approximate surface area is 154 Å². The van der Waals surface area contributed by atoms with Gasteiger partial charge in [-0.15, -0.1) is 11.3 Å².